The summed E-state index contributed by atoms with van der Waals surface area (Å²) in [5.41, 5.74) is 3.31. The van der Waals surface area contributed by atoms with Gasteiger partial charge in [0.15, 0.2) is 0 Å². The molecule has 0 aliphatic carbocycles. The predicted molar refractivity (Wildman–Crippen MR) is 122 cm³/mol. The SMILES string of the molecule is Cc1ccccc1CCNC(=O)Cn1ccc2cc(S(=O)(=O)N3CCCCC3)ccc21. The quantitative estimate of drug-likeness (QED) is 0.613. The number of rotatable bonds is 7. The number of fused-ring (bicyclic) bond motifs is 1. The standard InChI is InChI=1S/C24H29N3O3S/c1-19-7-3-4-8-20(19)11-13-25-24(28)18-26-16-12-21-17-22(9-10-23(21)26)31(29,30)27-14-5-2-6-15-27/h3-4,7-10,12,16-17H,2,5-6,11,13-15,18H2,1H3,(H,25,28). The van der Waals surface area contributed by atoms with Gasteiger partial charge in [0.05, 0.1) is 4.90 Å². The number of hydrogen-bond donors (Lipinski definition) is 1. The van der Waals surface area contributed by atoms with E-state index in [4.69, 9.17) is 0 Å². The monoisotopic (exact) mass is 439 g/mol. The van der Waals surface area contributed by atoms with Crippen LogP contribution in [0.5, 0.6) is 0 Å². The Morgan fingerprint density at radius 2 is 1.81 bits per heavy atom. The van der Waals surface area contributed by atoms with Gasteiger partial charge in [-0.3, -0.25) is 4.79 Å². The molecule has 164 valence electrons. The van der Waals surface area contributed by atoms with Crippen LogP contribution < -0.4 is 5.32 Å². The zero-order valence-electron chi connectivity index (χ0n) is 17.9. The molecule has 1 amide bonds. The van der Waals surface area contributed by atoms with Crippen LogP contribution in [0.25, 0.3) is 10.9 Å². The molecule has 0 radical (unpaired) electrons. The molecule has 0 bridgehead atoms. The minimum absolute atomic E-state index is 0.0592. The number of amides is 1. The second-order valence-corrected chi connectivity index (χ2v) is 10.1. The average molecular weight is 440 g/mol. The van der Waals surface area contributed by atoms with Gasteiger partial charge in [0.25, 0.3) is 0 Å². The van der Waals surface area contributed by atoms with Crippen molar-refractivity contribution in [2.24, 2.45) is 0 Å². The Bertz CT molecular complexity index is 1180. The van der Waals surface area contributed by atoms with Crippen molar-refractivity contribution in [1.82, 2.24) is 14.2 Å². The van der Waals surface area contributed by atoms with Crippen LogP contribution in [0.15, 0.2) is 59.6 Å². The van der Waals surface area contributed by atoms with Crippen molar-refractivity contribution in [3.63, 3.8) is 0 Å². The van der Waals surface area contributed by atoms with Crippen LogP contribution in [0.2, 0.25) is 0 Å². The van der Waals surface area contributed by atoms with Crippen LogP contribution >= 0.6 is 0 Å². The number of sulfonamides is 1. The Balaban J connectivity index is 1.41. The predicted octanol–water partition coefficient (Wildman–Crippen LogP) is 3.48. The maximum Gasteiger partial charge on any atom is 0.243 e. The Labute approximate surface area is 183 Å². The van der Waals surface area contributed by atoms with E-state index in [9.17, 15) is 13.2 Å². The highest BCUT2D eigenvalue weighted by Crippen LogP contribution is 2.25. The lowest BCUT2D eigenvalue weighted by Gasteiger charge is -2.25. The second-order valence-electron chi connectivity index (χ2n) is 8.16. The fraction of sp³-hybridized carbons (Fsp3) is 0.375. The van der Waals surface area contributed by atoms with E-state index in [1.54, 1.807) is 22.5 Å². The van der Waals surface area contributed by atoms with Crippen molar-refractivity contribution in [2.45, 2.75) is 44.0 Å². The van der Waals surface area contributed by atoms with Crippen molar-refractivity contribution in [2.75, 3.05) is 19.6 Å². The Morgan fingerprint density at radius 3 is 2.58 bits per heavy atom. The van der Waals surface area contributed by atoms with Crippen molar-refractivity contribution in [3.05, 3.63) is 65.9 Å². The first kappa shape index (κ1) is 21.6. The molecule has 2 heterocycles. The molecule has 6 nitrogen and oxygen atoms in total. The van der Waals surface area contributed by atoms with Gasteiger partial charge in [0, 0.05) is 36.7 Å². The minimum Gasteiger partial charge on any atom is -0.354 e. The summed E-state index contributed by atoms with van der Waals surface area (Å²) in [6.07, 6.45) is 5.54. The number of nitrogens with one attached hydrogen (secondary N) is 1. The van der Waals surface area contributed by atoms with Crippen LogP contribution in [0.1, 0.15) is 30.4 Å². The van der Waals surface area contributed by atoms with Gasteiger partial charge in [0.2, 0.25) is 15.9 Å². The maximum absolute atomic E-state index is 12.9. The summed E-state index contributed by atoms with van der Waals surface area (Å²) < 4.78 is 29.3. The summed E-state index contributed by atoms with van der Waals surface area (Å²) in [5, 5.41) is 3.80. The summed E-state index contributed by atoms with van der Waals surface area (Å²) in [7, 11) is -3.46. The van der Waals surface area contributed by atoms with E-state index in [0.717, 1.165) is 36.6 Å². The molecule has 0 spiro atoms. The van der Waals surface area contributed by atoms with Crippen LogP contribution in [0, 0.1) is 6.92 Å². The molecule has 7 heteroatoms. The Hall–Kier alpha value is -2.64. The maximum atomic E-state index is 12.9. The van der Waals surface area contributed by atoms with Crippen molar-refractivity contribution >= 4 is 26.8 Å². The van der Waals surface area contributed by atoms with Crippen molar-refractivity contribution < 1.29 is 13.2 Å². The van der Waals surface area contributed by atoms with Gasteiger partial charge in [-0.25, -0.2) is 8.42 Å². The fourth-order valence-electron chi connectivity index (χ4n) is 4.17. The molecule has 1 fully saturated rings. The van der Waals surface area contributed by atoms with E-state index in [1.165, 1.54) is 11.1 Å². The molecular formula is C24H29N3O3S. The van der Waals surface area contributed by atoms with Gasteiger partial charge >= 0.3 is 0 Å². The molecule has 1 saturated heterocycles. The summed E-state index contributed by atoms with van der Waals surface area (Å²) in [4.78, 5) is 12.7. The molecule has 3 aromatic rings. The van der Waals surface area contributed by atoms with E-state index in [2.05, 4.69) is 24.4 Å². The highest BCUT2D eigenvalue weighted by Gasteiger charge is 2.26. The van der Waals surface area contributed by atoms with Gasteiger partial charge in [0.1, 0.15) is 6.54 Å². The summed E-state index contributed by atoms with van der Waals surface area (Å²) >= 11 is 0. The first-order valence-corrected chi connectivity index (χ1v) is 12.3. The van der Waals surface area contributed by atoms with Crippen molar-refractivity contribution in [3.8, 4) is 0 Å². The Kier molecular flexibility index (Phi) is 6.43. The molecule has 1 aliphatic heterocycles. The molecule has 2 aromatic carbocycles. The van der Waals surface area contributed by atoms with Gasteiger partial charge in [-0.15, -0.1) is 0 Å². The van der Waals surface area contributed by atoms with Crippen molar-refractivity contribution in [1.29, 1.82) is 0 Å². The van der Waals surface area contributed by atoms with E-state index in [-0.39, 0.29) is 12.5 Å². The molecule has 1 N–H and O–H groups in total. The third-order valence-electron chi connectivity index (χ3n) is 5.99. The summed E-state index contributed by atoms with van der Waals surface area (Å²) in [6, 6.07) is 15.2. The normalized spacial score (nSPS) is 15.3. The van der Waals surface area contributed by atoms with Crippen LogP contribution in [0.3, 0.4) is 0 Å². The zero-order chi connectivity index (χ0) is 21.8. The average Bonchev–Trinajstić information content (AvgIpc) is 3.17. The molecule has 1 aliphatic rings. The first-order chi connectivity index (χ1) is 14.9. The number of carbonyl (C=O) groups is 1. The van der Waals surface area contributed by atoms with Gasteiger partial charge in [-0.05, 0) is 61.6 Å². The van der Waals surface area contributed by atoms with Gasteiger partial charge < -0.3 is 9.88 Å². The fourth-order valence-corrected chi connectivity index (χ4v) is 5.72. The first-order valence-electron chi connectivity index (χ1n) is 10.9. The van der Waals surface area contributed by atoms with E-state index >= 15 is 0 Å². The van der Waals surface area contributed by atoms with Crippen LogP contribution in [0.4, 0.5) is 0 Å². The number of hydrogen-bond acceptors (Lipinski definition) is 3. The third-order valence-corrected chi connectivity index (χ3v) is 7.88. The summed E-state index contributed by atoms with van der Waals surface area (Å²) in [5.74, 6) is -0.0592. The summed E-state index contributed by atoms with van der Waals surface area (Å²) in [6.45, 7) is 4.04. The number of benzene rings is 2. The molecule has 4 rings (SSSR count). The number of aryl methyl sites for hydroxylation is 1. The Morgan fingerprint density at radius 1 is 1.03 bits per heavy atom. The lowest BCUT2D eigenvalue weighted by molar-refractivity contribution is -0.121. The zero-order valence-corrected chi connectivity index (χ0v) is 18.7. The van der Waals surface area contributed by atoms with E-state index in [1.807, 2.05) is 29.0 Å². The molecular weight excluding hydrogens is 410 g/mol. The molecule has 31 heavy (non-hydrogen) atoms. The second kappa shape index (κ2) is 9.24. The molecule has 1 aromatic heterocycles. The van der Waals surface area contributed by atoms with Crippen LogP contribution in [-0.2, 0) is 27.8 Å². The number of aromatic nitrogens is 1. The highest BCUT2D eigenvalue weighted by molar-refractivity contribution is 7.89. The highest BCUT2D eigenvalue weighted by atomic mass is 32.2. The van der Waals surface area contributed by atoms with Crippen LogP contribution in [-0.4, -0.2) is 42.8 Å². The van der Waals surface area contributed by atoms with E-state index < -0.39 is 10.0 Å². The molecule has 0 atom stereocenters. The van der Waals surface area contributed by atoms with Gasteiger partial charge in [-0.2, -0.15) is 4.31 Å². The lowest BCUT2D eigenvalue weighted by Crippen LogP contribution is -2.35. The largest absolute Gasteiger partial charge is 0.354 e. The molecule has 0 unspecified atom stereocenters. The third kappa shape index (κ3) is 4.83. The smallest absolute Gasteiger partial charge is 0.243 e. The number of piperidine rings is 1. The van der Waals surface area contributed by atoms with Gasteiger partial charge in [-0.1, -0.05) is 30.7 Å². The number of nitrogens with zero attached hydrogens (tertiary/aromatic N) is 2. The van der Waals surface area contributed by atoms with E-state index in [0.29, 0.717) is 24.5 Å². The minimum atomic E-state index is -3.46. The molecule has 0 saturated carbocycles. The lowest BCUT2D eigenvalue weighted by atomic mass is 10.1. The topological polar surface area (TPSA) is 71.4 Å². The number of carbonyl (C=O) groups excluding carboxylic acids is 1.